The van der Waals surface area contributed by atoms with Gasteiger partial charge in [-0.1, -0.05) is 152 Å². The van der Waals surface area contributed by atoms with Crippen molar-refractivity contribution in [1.29, 1.82) is 0 Å². The molecular weight excluding hydrogens is 2350 g/mol. The zero-order valence-electron chi connectivity index (χ0n) is 78.9. The largest absolute Gasteiger partial charge is 0.504 e. The first kappa shape index (κ1) is 118. The Kier molecular flexibility index (Phi) is 49.3. The normalized spacial score (nSPS) is 10.8. The van der Waals surface area contributed by atoms with Crippen molar-refractivity contribution in [3.05, 3.63) is 335 Å². The molecule has 12 rings (SSSR count). The minimum atomic E-state index is -0.427. The van der Waals surface area contributed by atoms with E-state index in [0.29, 0.717) is 178 Å². The Morgan fingerprint density at radius 1 is 0.306 bits per heavy atom. The maximum Gasteiger partial charge on any atom is 0.275 e. The van der Waals surface area contributed by atoms with Crippen LogP contribution in [0, 0.1) is 34.6 Å². The summed E-state index contributed by atoms with van der Waals surface area (Å²) in [7, 11) is 1.49. The molecule has 0 atom stereocenters. The van der Waals surface area contributed by atoms with E-state index in [0.717, 1.165) is 21.2 Å². The van der Waals surface area contributed by atoms with E-state index in [1.54, 1.807) is 167 Å². The first-order valence-electron chi connectivity index (χ1n) is 43.1. The number of hydrazone groups is 6. The molecular formula is C102H97Br6Cl5N12O19. The number of hydrogen-bond donors (Lipinski definition) is 12. The highest BCUT2D eigenvalue weighted by atomic mass is 79.9. The van der Waals surface area contributed by atoms with Gasteiger partial charge in [0.2, 0.25) is 0 Å². The summed E-state index contributed by atoms with van der Waals surface area (Å²) in [5, 5.41) is 86.1. The van der Waals surface area contributed by atoms with Crippen LogP contribution in [-0.2, 0) is 0 Å². The Labute approximate surface area is 906 Å². The third-order valence-electron chi connectivity index (χ3n) is 19.2. The topological polar surface area (TPSA) is 435 Å². The van der Waals surface area contributed by atoms with Gasteiger partial charge >= 0.3 is 0 Å². The lowest BCUT2D eigenvalue weighted by atomic mass is 10.1. The molecule has 0 saturated heterocycles. The van der Waals surface area contributed by atoms with Gasteiger partial charge in [-0.25, -0.2) is 32.6 Å². The number of carbonyl (C=O) groups is 6. The average Bonchev–Trinajstić information content (AvgIpc) is 0.816. The van der Waals surface area contributed by atoms with Crippen molar-refractivity contribution in [1.82, 2.24) is 32.6 Å². The van der Waals surface area contributed by atoms with Crippen molar-refractivity contribution in [2.24, 2.45) is 30.6 Å². The lowest BCUT2D eigenvalue weighted by molar-refractivity contribution is 0.0944. The Bertz CT molecular complexity index is 6780. The average molecular weight is 2450 g/mol. The number of nitrogens with one attached hydrogen (secondary N) is 6. The molecule has 0 aliphatic carbocycles. The molecule has 0 unspecified atom stereocenters. The quantitative estimate of drug-likeness (QED) is 0.0142. The number of aryl methyl sites for hydroxylation is 3. The minimum absolute atomic E-state index is 0.0220. The zero-order valence-corrected chi connectivity index (χ0v) is 92.2. The fraction of sp³-hybridized carbons (Fsp3) is 0.176. The highest BCUT2D eigenvalue weighted by Crippen LogP contribution is 2.44. The molecule has 0 heterocycles. The predicted octanol–water partition coefficient (Wildman–Crippen LogP) is 24.7. The van der Waals surface area contributed by atoms with E-state index in [-0.39, 0.29) is 85.2 Å². The molecule has 0 fully saturated rings. The molecule has 0 saturated carbocycles. The van der Waals surface area contributed by atoms with Crippen molar-refractivity contribution >= 4 is 226 Å². The van der Waals surface area contributed by atoms with Crippen molar-refractivity contribution in [3.8, 4) is 74.7 Å². The summed E-state index contributed by atoms with van der Waals surface area (Å²) in [5.74, 6) is -0.466. The second-order valence-corrected chi connectivity index (χ2v) is 36.2. The van der Waals surface area contributed by atoms with Crippen LogP contribution in [0.15, 0.2) is 246 Å². The van der Waals surface area contributed by atoms with E-state index >= 15 is 0 Å². The molecule has 0 aliphatic heterocycles. The summed E-state index contributed by atoms with van der Waals surface area (Å²) < 4.78 is 41.1. The number of ether oxygens (including phenoxy) is 7. The maximum atomic E-state index is 12.2. The lowest BCUT2D eigenvalue weighted by Gasteiger charge is -2.11. The molecule has 0 aliphatic rings. The van der Waals surface area contributed by atoms with E-state index < -0.39 is 11.8 Å². The summed E-state index contributed by atoms with van der Waals surface area (Å²) in [6.45, 7) is 22.5. The van der Waals surface area contributed by atoms with Gasteiger partial charge in [0.1, 0.15) is 5.75 Å². The van der Waals surface area contributed by atoms with E-state index in [9.17, 15) is 59.4 Å². The van der Waals surface area contributed by atoms with Gasteiger partial charge in [0.15, 0.2) is 69.0 Å². The molecule has 12 aromatic rings. The standard InChI is InChI=1S/C18H19BrN2O3.C17H15Br2ClN2O3.C17H16Br2N2O4.C17H16Cl2N2O3.C17H17ClN2O3.C16H14BrClN2O3/c1-4-24-16-9-14(19)8-13(17(16)22)10-20-21-18(23)15-6-5-11(2)7-12(15)3;1-3-25-14-7-12(18)15(19)11(16(14)23)8-21-22-17(24)10-5-4-6-13(20)9(10)2;1-3-25-14-8-12(18)15(19)11(16(14)22)9-20-21-17(23)10-6-4-5-7-13(10)24-2;1-3-24-14-8-13(18)15(19)12(16(14)22)9-20-21-17(23)11-7-5-4-6-10(11)2;1-3-23-15-9-4-6-12(16(15)21)10-19-20-17(22)13-7-5-8-14(18)11(13)2;1-2-23-14-8-11(18)7-10(15(14)21)9-19-20-16(22)12-5-3-4-6-13(12)17/h5-10,22H,4H2,1-3H3,(H,21,23);4-8,23H,3H2,1-2H3,(H,22,24);4-9,22H,3H2,1-2H3,(H,21,23);4-9,22H,3H2,1-2H3,(H,21,23);4-10,21H,3H2,1-2H3,(H,20,22);3-9,21H,2H2,1H3,(H,20,22)/b20-10+;21-8+;2*20-9+;19-10+;19-9+. The molecule has 756 valence electrons. The first-order chi connectivity index (χ1) is 68.8. The van der Waals surface area contributed by atoms with Crippen LogP contribution in [0.5, 0.6) is 74.7 Å². The van der Waals surface area contributed by atoms with Crippen LogP contribution in [-0.4, -0.2) is 150 Å². The Hall–Kier alpha value is -12.8. The van der Waals surface area contributed by atoms with Gasteiger partial charge in [-0.05, 0) is 281 Å². The molecule has 0 aromatic heterocycles. The molecule has 0 radical (unpaired) electrons. The predicted molar refractivity (Wildman–Crippen MR) is 586 cm³/mol. The zero-order chi connectivity index (χ0) is 106. The number of benzene rings is 12. The summed E-state index contributed by atoms with van der Waals surface area (Å²) in [5.41, 5.74) is 23.5. The number of carbonyl (C=O) groups excluding carboxylic acids is 6. The number of phenols is 6. The van der Waals surface area contributed by atoms with Crippen LogP contribution >= 0.6 is 154 Å². The highest BCUT2D eigenvalue weighted by Gasteiger charge is 2.23. The molecule has 12 aromatic carbocycles. The number of hydrogen-bond acceptors (Lipinski definition) is 25. The van der Waals surface area contributed by atoms with E-state index in [4.69, 9.17) is 91.2 Å². The third-order valence-corrected chi connectivity index (χ3v) is 26.3. The SMILES string of the molecule is CCOc1cc(Br)c(Br)c(/C=N/NC(=O)c2cccc(Cl)c2C)c1O.CCOc1cc(Br)c(Br)c(/C=N/NC(=O)c2ccccc2OC)c1O.CCOc1cc(Br)cc(/C=N/NC(=O)c2ccc(C)cc2C)c1O.CCOc1cc(Cl)c(Cl)c(/C=N/NC(=O)c2ccccc2C)c1O.CCOc1cc(Cl)cc(/C=N/NC(=O)c2ccccc2Br)c1O.CCOc1cccc(/C=N/NC(=O)c2cccc(Cl)c2C)c1O. The number of nitrogens with zero attached hydrogens (tertiary/aromatic N) is 6. The van der Waals surface area contributed by atoms with E-state index in [1.807, 2.05) is 78.8 Å². The number of amides is 6. The molecule has 0 spiro atoms. The Balaban J connectivity index is 0.000000234. The monoisotopic (exact) mass is 2440 g/mol. The van der Waals surface area contributed by atoms with Crippen LogP contribution in [0.4, 0.5) is 0 Å². The number of rotatable bonds is 31. The smallest absolute Gasteiger partial charge is 0.275 e. The molecule has 144 heavy (non-hydrogen) atoms. The number of phenolic OH excluding ortho intramolecular Hbond substituents is 6. The van der Waals surface area contributed by atoms with E-state index in [1.165, 1.54) is 62.6 Å². The summed E-state index contributed by atoms with van der Waals surface area (Å²) in [6, 6.07) is 52.8. The van der Waals surface area contributed by atoms with Crippen molar-refractivity contribution in [2.75, 3.05) is 46.8 Å². The fourth-order valence-electron chi connectivity index (χ4n) is 12.2. The molecule has 0 bridgehead atoms. The highest BCUT2D eigenvalue weighted by molar-refractivity contribution is 9.13. The van der Waals surface area contributed by atoms with Crippen LogP contribution in [0.25, 0.3) is 0 Å². The minimum Gasteiger partial charge on any atom is -0.504 e. The fourth-order valence-corrected chi connectivity index (χ4v) is 15.7. The first-order valence-corrected chi connectivity index (χ1v) is 49.7. The van der Waals surface area contributed by atoms with Crippen LogP contribution in [0.2, 0.25) is 25.1 Å². The van der Waals surface area contributed by atoms with E-state index in [2.05, 4.69) is 159 Å². The van der Waals surface area contributed by atoms with Gasteiger partial charge in [-0.3, -0.25) is 28.8 Å². The Morgan fingerprint density at radius 3 is 1.12 bits per heavy atom. The maximum absolute atomic E-state index is 12.2. The number of para-hydroxylation sites is 2. The molecule has 31 nitrogen and oxygen atoms in total. The van der Waals surface area contributed by atoms with Crippen molar-refractivity contribution < 1.29 is 92.6 Å². The molecule has 42 heteroatoms. The van der Waals surface area contributed by atoms with Gasteiger partial charge in [-0.2, -0.15) is 30.6 Å². The van der Waals surface area contributed by atoms with Gasteiger partial charge in [0.05, 0.1) is 122 Å². The second-order valence-electron chi connectivity index (χ2n) is 29.1. The number of methoxy groups -OCH3 is 1. The van der Waals surface area contributed by atoms with Crippen LogP contribution in [0.1, 0.15) is 165 Å². The number of halogens is 11. The summed E-state index contributed by atoms with van der Waals surface area (Å²) >= 11 is 50.2. The Morgan fingerprint density at radius 2 is 0.653 bits per heavy atom. The summed E-state index contributed by atoms with van der Waals surface area (Å²) in [6.07, 6.45) is 7.94. The summed E-state index contributed by atoms with van der Waals surface area (Å²) in [4.78, 5) is 72.8. The second kappa shape index (κ2) is 60.1. The number of aromatic hydroxyl groups is 6. The van der Waals surface area contributed by atoms with Gasteiger partial charge in [0.25, 0.3) is 35.4 Å². The van der Waals surface area contributed by atoms with Gasteiger partial charge in [0, 0.05) is 93.0 Å². The van der Waals surface area contributed by atoms with Crippen molar-refractivity contribution in [3.63, 3.8) is 0 Å². The molecule has 6 amide bonds. The van der Waals surface area contributed by atoms with Crippen molar-refractivity contribution in [2.45, 2.75) is 76.2 Å². The lowest BCUT2D eigenvalue weighted by Crippen LogP contribution is -2.18. The molecule has 12 N–H and O–H groups in total. The van der Waals surface area contributed by atoms with Gasteiger partial charge < -0.3 is 63.8 Å². The van der Waals surface area contributed by atoms with Crippen LogP contribution < -0.4 is 65.7 Å². The third kappa shape index (κ3) is 34.8. The van der Waals surface area contributed by atoms with Crippen LogP contribution in [0.3, 0.4) is 0 Å². The van der Waals surface area contributed by atoms with Gasteiger partial charge in [-0.15, -0.1) is 0 Å².